The van der Waals surface area contributed by atoms with E-state index in [1.807, 2.05) is 26.0 Å². The summed E-state index contributed by atoms with van der Waals surface area (Å²) in [5, 5.41) is 0. The first-order chi connectivity index (χ1) is 8.49. The maximum Gasteiger partial charge on any atom is 0.119 e. The van der Waals surface area contributed by atoms with Crippen LogP contribution >= 0.6 is 0 Å². The van der Waals surface area contributed by atoms with E-state index in [0.29, 0.717) is 5.92 Å². The zero-order chi connectivity index (χ0) is 13.5. The van der Waals surface area contributed by atoms with Gasteiger partial charge in [0.15, 0.2) is 0 Å². The van der Waals surface area contributed by atoms with Crippen LogP contribution in [0, 0.1) is 5.92 Å². The maximum absolute atomic E-state index is 5.61. The van der Waals surface area contributed by atoms with Crippen LogP contribution in [0.15, 0.2) is 24.3 Å². The number of hydroxylamine groups is 1. The van der Waals surface area contributed by atoms with Crippen molar-refractivity contribution in [1.82, 2.24) is 5.48 Å². The molecule has 0 radical (unpaired) electrons. The first-order valence-electron chi connectivity index (χ1n) is 6.63. The SMILES string of the molecule is CC(C)CONC(C)c1ccc(OC(C)C)cc1. The van der Waals surface area contributed by atoms with Gasteiger partial charge in [0.25, 0.3) is 0 Å². The summed E-state index contributed by atoms with van der Waals surface area (Å²) in [6, 6.07) is 8.30. The highest BCUT2D eigenvalue weighted by Crippen LogP contribution is 2.18. The van der Waals surface area contributed by atoms with Crippen LogP contribution < -0.4 is 10.2 Å². The van der Waals surface area contributed by atoms with Crippen molar-refractivity contribution in [1.29, 1.82) is 0 Å². The molecule has 1 N–H and O–H groups in total. The molecule has 1 unspecified atom stereocenters. The van der Waals surface area contributed by atoms with Crippen molar-refractivity contribution in [2.24, 2.45) is 5.92 Å². The van der Waals surface area contributed by atoms with Crippen molar-refractivity contribution in [3.8, 4) is 5.75 Å². The van der Waals surface area contributed by atoms with E-state index in [-0.39, 0.29) is 12.1 Å². The van der Waals surface area contributed by atoms with Gasteiger partial charge in [-0.2, -0.15) is 5.48 Å². The molecule has 0 fully saturated rings. The Bertz CT molecular complexity index is 333. The van der Waals surface area contributed by atoms with Crippen molar-refractivity contribution in [2.75, 3.05) is 6.61 Å². The number of ether oxygens (including phenoxy) is 1. The van der Waals surface area contributed by atoms with Crippen LogP contribution in [-0.4, -0.2) is 12.7 Å². The molecule has 0 bridgehead atoms. The lowest BCUT2D eigenvalue weighted by molar-refractivity contribution is 0.00408. The van der Waals surface area contributed by atoms with Gasteiger partial charge < -0.3 is 9.57 Å². The standard InChI is InChI=1S/C15H25NO2/c1-11(2)10-17-16-13(5)14-6-8-15(9-7-14)18-12(3)4/h6-9,11-13,16H,10H2,1-5H3. The molecule has 18 heavy (non-hydrogen) atoms. The van der Waals surface area contributed by atoms with Gasteiger partial charge in [-0.15, -0.1) is 0 Å². The zero-order valence-electron chi connectivity index (χ0n) is 12.1. The van der Waals surface area contributed by atoms with Crippen molar-refractivity contribution < 1.29 is 9.57 Å². The van der Waals surface area contributed by atoms with Crippen molar-refractivity contribution in [2.45, 2.75) is 46.8 Å². The number of benzene rings is 1. The predicted octanol–water partition coefficient (Wildman–Crippen LogP) is 3.71. The molecule has 1 aromatic carbocycles. The van der Waals surface area contributed by atoms with Crippen molar-refractivity contribution >= 4 is 0 Å². The van der Waals surface area contributed by atoms with E-state index < -0.39 is 0 Å². The number of nitrogens with one attached hydrogen (secondary N) is 1. The molecule has 0 heterocycles. The number of rotatable bonds is 7. The Kier molecular flexibility index (Phi) is 6.16. The van der Waals surface area contributed by atoms with E-state index in [9.17, 15) is 0 Å². The highest BCUT2D eigenvalue weighted by Gasteiger charge is 2.06. The van der Waals surface area contributed by atoms with E-state index in [1.54, 1.807) is 0 Å². The Balaban J connectivity index is 2.46. The monoisotopic (exact) mass is 251 g/mol. The Morgan fingerprint density at radius 2 is 1.61 bits per heavy atom. The Morgan fingerprint density at radius 1 is 1.00 bits per heavy atom. The topological polar surface area (TPSA) is 30.5 Å². The summed E-state index contributed by atoms with van der Waals surface area (Å²) in [5.74, 6) is 1.44. The third-order valence-corrected chi connectivity index (χ3v) is 2.43. The quantitative estimate of drug-likeness (QED) is 0.749. The predicted molar refractivity (Wildman–Crippen MR) is 74.5 cm³/mol. The van der Waals surface area contributed by atoms with E-state index in [2.05, 4.69) is 38.4 Å². The zero-order valence-corrected chi connectivity index (χ0v) is 12.1. The second kappa shape index (κ2) is 7.39. The molecule has 0 saturated heterocycles. The summed E-state index contributed by atoms with van der Waals surface area (Å²) >= 11 is 0. The van der Waals surface area contributed by atoms with Gasteiger partial charge in [-0.1, -0.05) is 26.0 Å². The molecular formula is C15H25NO2. The van der Waals surface area contributed by atoms with Crippen LogP contribution in [0.5, 0.6) is 5.75 Å². The smallest absolute Gasteiger partial charge is 0.119 e. The van der Waals surface area contributed by atoms with E-state index in [1.165, 1.54) is 5.56 Å². The van der Waals surface area contributed by atoms with E-state index >= 15 is 0 Å². The molecule has 1 atom stereocenters. The highest BCUT2D eigenvalue weighted by molar-refractivity contribution is 5.28. The fraction of sp³-hybridized carbons (Fsp3) is 0.600. The first kappa shape index (κ1) is 15.0. The summed E-state index contributed by atoms with van der Waals surface area (Å²) in [5.41, 5.74) is 4.24. The van der Waals surface area contributed by atoms with Gasteiger partial charge in [0, 0.05) is 0 Å². The fourth-order valence-electron chi connectivity index (χ4n) is 1.52. The van der Waals surface area contributed by atoms with Crippen LogP contribution in [-0.2, 0) is 4.84 Å². The van der Waals surface area contributed by atoms with Crippen molar-refractivity contribution in [3.63, 3.8) is 0 Å². The van der Waals surface area contributed by atoms with E-state index in [0.717, 1.165) is 12.4 Å². The Hall–Kier alpha value is -1.06. The Labute approximate surface area is 110 Å². The molecule has 0 amide bonds. The second-order valence-corrected chi connectivity index (χ2v) is 5.28. The lowest BCUT2D eigenvalue weighted by atomic mass is 10.1. The van der Waals surface area contributed by atoms with Crippen molar-refractivity contribution in [3.05, 3.63) is 29.8 Å². The van der Waals surface area contributed by atoms with Gasteiger partial charge in [-0.05, 0) is 44.4 Å². The molecule has 0 spiro atoms. The molecule has 0 saturated carbocycles. The first-order valence-corrected chi connectivity index (χ1v) is 6.63. The molecule has 0 aliphatic carbocycles. The molecule has 0 aromatic heterocycles. The molecule has 3 heteroatoms. The summed E-state index contributed by atoms with van der Waals surface area (Å²) < 4.78 is 5.61. The highest BCUT2D eigenvalue weighted by atomic mass is 16.6. The molecular weight excluding hydrogens is 226 g/mol. The second-order valence-electron chi connectivity index (χ2n) is 5.28. The Morgan fingerprint density at radius 3 is 2.11 bits per heavy atom. The van der Waals surface area contributed by atoms with Crippen LogP contribution in [0.3, 0.4) is 0 Å². The van der Waals surface area contributed by atoms with Crippen LogP contribution in [0.1, 0.15) is 46.2 Å². The average molecular weight is 251 g/mol. The van der Waals surface area contributed by atoms with Crippen LogP contribution in [0.4, 0.5) is 0 Å². The van der Waals surface area contributed by atoms with Gasteiger partial charge >= 0.3 is 0 Å². The summed E-state index contributed by atoms with van der Waals surface area (Å²) in [7, 11) is 0. The minimum absolute atomic E-state index is 0.178. The molecule has 0 aliphatic rings. The summed E-state index contributed by atoms with van der Waals surface area (Å²) in [4.78, 5) is 5.42. The third-order valence-electron chi connectivity index (χ3n) is 2.43. The molecule has 1 aromatic rings. The molecule has 3 nitrogen and oxygen atoms in total. The normalized spacial score (nSPS) is 13.1. The largest absolute Gasteiger partial charge is 0.491 e. The number of hydrogen-bond acceptors (Lipinski definition) is 3. The minimum Gasteiger partial charge on any atom is -0.491 e. The van der Waals surface area contributed by atoms with Gasteiger partial charge in [0.2, 0.25) is 0 Å². The van der Waals surface area contributed by atoms with Crippen LogP contribution in [0.2, 0.25) is 0 Å². The number of hydrogen-bond donors (Lipinski definition) is 1. The van der Waals surface area contributed by atoms with Gasteiger partial charge in [-0.25, -0.2) is 0 Å². The summed E-state index contributed by atoms with van der Waals surface area (Å²) in [6.45, 7) is 11.1. The molecule has 1 rings (SSSR count). The minimum atomic E-state index is 0.178. The van der Waals surface area contributed by atoms with Gasteiger partial charge in [-0.3, -0.25) is 0 Å². The summed E-state index contributed by atoms with van der Waals surface area (Å²) in [6.07, 6.45) is 0.209. The fourth-order valence-corrected chi connectivity index (χ4v) is 1.52. The van der Waals surface area contributed by atoms with E-state index in [4.69, 9.17) is 9.57 Å². The van der Waals surface area contributed by atoms with Gasteiger partial charge in [0.1, 0.15) is 5.75 Å². The average Bonchev–Trinajstić information content (AvgIpc) is 2.28. The lowest BCUT2D eigenvalue weighted by Gasteiger charge is -2.16. The van der Waals surface area contributed by atoms with Gasteiger partial charge in [0.05, 0.1) is 18.8 Å². The molecule has 0 aliphatic heterocycles. The van der Waals surface area contributed by atoms with Crippen LogP contribution in [0.25, 0.3) is 0 Å². The maximum atomic E-state index is 5.61. The lowest BCUT2D eigenvalue weighted by Crippen LogP contribution is -2.21. The third kappa shape index (κ3) is 5.52. The molecule has 102 valence electrons.